The Balaban J connectivity index is 1.72. The number of carbonyl (C=O) groups excluding carboxylic acids is 1. The number of halogens is 1. The van der Waals surface area contributed by atoms with Crippen molar-refractivity contribution in [3.63, 3.8) is 0 Å². The van der Waals surface area contributed by atoms with E-state index in [4.69, 9.17) is 16.3 Å². The van der Waals surface area contributed by atoms with Gasteiger partial charge in [0.15, 0.2) is 0 Å². The molecule has 19 heavy (non-hydrogen) atoms. The molecule has 1 amide bonds. The smallest absolute Gasteiger partial charge is 0.411 e. The van der Waals surface area contributed by atoms with Crippen LogP contribution in [0.5, 0.6) is 0 Å². The molecule has 1 heterocycles. The highest BCUT2D eigenvalue weighted by Crippen LogP contribution is 2.20. The average Bonchev–Trinajstić information content (AvgIpc) is 2.87. The summed E-state index contributed by atoms with van der Waals surface area (Å²) < 4.78 is 5.16. The molecular weight excluding hydrogens is 264 g/mol. The molecule has 2 rings (SSSR count). The second-order valence-electron chi connectivity index (χ2n) is 4.87. The molecule has 0 radical (unpaired) electrons. The number of anilines is 1. The van der Waals surface area contributed by atoms with Gasteiger partial charge in [-0.25, -0.2) is 4.79 Å². The van der Waals surface area contributed by atoms with Crippen molar-refractivity contribution < 1.29 is 9.53 Å². The number of benzene rings is 1. The zero-order chi connectivity index (χ0) is 13.7. The summed E-state index contributed by atoms with van der Waals surface area (Å²) in [6.07, 6.45) is 1.65. The number of ether oxygens (including phenoxy) is 1. The van der Waals surface area contributed by atoms with Crippen molar-refractivity contribution in [1.82, 2.24) is 5.32 Å². The van der Waals surface area contributed by atoms with Gasteiger partial charge >= 0.3 is 6.09 Å². The first-order valence-electron chi connectivity index (χ1n) is 6.56. The van der Waals surface area contributed by atoms with Crippen LogP contribution in [-0.2, 0) is 4.74 Å². The van der Waals surface area contributed by atoms with Crippen LogP contribution in [0.1, 0.15) is 18.4 Å². The van der Waals surface area contributed by atoms with Crippen molar-refractivity contribution in [3.8, 4) is 0 Å². The van der Waals surface area contributed by atoms with Gasteiger partial charge in [-0.15, -0.1) is 0 Å². The lowest BCUT2D eigenvalue weighted by Gasteiger charge is -2.10. The Labute approximate surface area is 118 Å². The van der Waals surface area contributed by atoms with Crippen molar-refractivity contribution in [2.24, 2.45) is 5.92 Å². The minimum Gasteiger partial charge on any atom is -0.449 e. The number of carbonyl (C=O) groups is 1. The highest BCUT2D eigenvalue weighted by Gasteiger charge is 2.14. The molecule has 1 unspecified atom stereocenters. The lowest BCUT2D eigenvalue weighted by Crippen LogP contribution is -2.17. The Morgan fingerprint density at radius 2 is 2.42 bits per heavy atom. The number of aryl methyl sites for hydroxylation is 1. The first-order valence-corrected chi connectivity index (χ1v) is 6.93. The van der Waals surface area contributed by atoms with E-state index in [1.807, 2.05) is 19.1 Å². The van der Waals surface area contributed by atoms with Crippen LogP contribution in [-0.4, -0.2) is 25.8 Å². The van der Waals surface area contributed by atoms with E-state index < -0.39 is 6.09 Å². The Bertz CT molecular complexity index is 445. The van der Waals surface area contributed by atoms with Gasteiger partial charge in [0.05, 0.1) is 6.61 Å². The van der Waals surface area contributed by atoms with Crippen molar-refractivity contribution in [1.29, 1.82) is 0 Å². The van der Waals surface area contributed by atoms with Crippen LogP contribution >= 0.6 is 11.6 Å². The van der Waals surface area contributed by atoms with Crippen LogP contribution in [0.4, 0.5) is 10.5 Å². The van der Waals surface area contributed by atoms with Gasteiger partial charge < -0.3 is 10.1 Å². The Morgan fingerprint density at radius 1 is 1.58 bits per heavy atom. The highest BCUT2D eigenvalue weighted by atomic mass is 35.5. The lowest BCUT2D eigenvalue weighted by atomic mass is 10.1. The fourth-order valence-electron chi connectivity index (χ4n) is 2.10. The molecule has 0 bridgehead atoms. The van der Waals surface area contributed by atoms with Gasteiger partial charge in [-0.3, -0.25) is 5.32 Å². The van der Waals surface area contributed by atoms with Gasteiger partial charge in [-0.2, -0.15) is 0 Å². The number of amides is 1. The molecule has 1 aromatic carbocycles. The Morgan fingerprint density at radius 3 is 3.11 bits per heavy atom. The van der Waals surface area contributed by atoms with Gasteiger partial charge in [0.2, 0.25) is 0 Å². The van der Waals surface area contributed by atoms with Gasteiger partial charge in [0.1, 0.15) is 0 Å². The van der Waals surface area contributed by atoms with Gasteiger partial charge in [-0.05, 0) is 56.5 Å². The lowest BCUT2D eigenvalue weighted by molar-refractivity contribution is 0.154. The molecule has 2 N–H and O–H groups in total. The zero-order valence-corrected chi connectivity index (χ0v) is 11.8. The Hall–Kier alpha value is -1.26. The van der Waals surface area contributed by atoms with E-state index in [2.05, 4.69) is 10.6 Å². The van der Waals surface area contributed by atoms with E-state index in [0.29, 0.717) is 23.2 Å². The van der Waals surface area contributed by atoms with Crippen LogP contribution in [0.15, 0.2) is 18.2 Å². The summed E-state index contributed by atoms with van der Waals surface area (Å²) in [5, 5.41) is 6.60. The summed E-state index contributed by atoms with van der Waals surface area (Å²) in [5.41, 5.74) is 1.64. The molecule has 0 saturated carbocycles. The minimum absolute atomic E-state index is 0.425. The fourth-order valence-corrected chi connectivity index (χ4v) is 2.28. The van der Waals surface area contributed by atoms with Gasteiger partial charge in [0.25, 0.3) is 0 Å². The monoisotopic (exact) mass is 282 g/mol. The average molecular weight is 283 g/mol. The molecule has 1 saturated heterocycles. The second kappa shape index (κ2) is 6.78. The van der Waals surface area contributed by atoms with E-state index >= 15 is 0 Å². The minimum atomic E-state index is -0.425. The molecule has 5 heteroatoms. The maximum absolute atomic E-state index is 11.6. The molecule has 1 aliphatic rings. The van der Waals surface area contributed by atoms with Gasteiger partial charge in [0, 0.05) is 10.7 Å². The molecule has 1 fully saturated rings. The molecule has 1 aromatic rings. The molecular formula is C14H19ClN2O2. The maximum atomic E-state index is 11.6. The normalized spacial score (nSPS) is 18.3. The molecule has 104 valence electrons. The number of hydrogen-bond acceptors (Lipinski definition) is 3. The third-order valence-corrected chi connectivity index (χ3v) is 3.75. The molecule has 0 aliphatic carbocycles. The quantitative estimate of drug-likeness (QED) is 0.892. The van der Waals surface area contributed by atoms with E-state index in [1.165, 1.54) is 6.42 Å². The van der Waals surface area contributed by atoms with Crippen LogP contribution in [0.3, 0.4) is 0 Å². The number of rotatable bonds is 4. The molecule has 1 aliphatic heterocycles. The highest BCUT2D eigenvalue weighted by molar-refractivity contribution is 6.31. The largest absolute Gasteiger partial charge is 0.449 e. The van der Waals surface area contributed by atoms with Crippen molar-refractivity contribution in [2.75, 3.05) is 25.0 Å². The summed E-state index contributed by atoms with van der Waals surface area (Å²) in [6, 6.07) is 5.39. The van der Waals surface area contributed by atoms with Crippen molar-refractivity contribution in [2.45, 2.75) is 19.8 Å². The van der Waals surface area contributed by atoms with Crippen molar-refractivity contribution in [3.05, 3.63) is 28.8 Å². The SMILES string of the molecule is Cc1ccc(NC(=O)OCCC2CCNC2)cc1Cl. The summed E-state index contributed by atoms with van der Waals surface area (Å²) >= 11 is 5.99. The van der Waals surface area contributed by atoms with E-state index in [1.54, 1.807) is 6.07 Å². The second-order valence-corrected chi connectivity index (χ2v) is 5.28. The van der Waals surface area contributed by atoms with Crippen LogP contribution < -0.4 is 10.6 Å². The predicted molar refractivity (Wildman–Crippen MR) is 76.8 cm³/mol. The number of hydrogen-bond donors (Lipinski definition) is 2. The summed E-state index contributed by atoms with van der Waals surface area (Å²) in [4.78, 5) is 11.6. The summed E-state index contributed by atoms with van der Waals surface area (Å²) in [5.74, 6) is 0.626. The first-order chi connectivity index (χ1) is 9.15. The van der Waals surface area contributed by atoms with E-state index in [9.17, 15) is 4.79 Å². The van der Waals surface area contributed by atoms with Crippen LogP contribution in [0.2, 0.25) is 5.02 Å². The molecule has 0 spiro atoms. The fraction of sp³-hybridized carbons (Fsp3) is 0.500. The van der Waals surface area contributed by atoms with Crippen LogP contribution in [0.25, 0.3) is 0 Å². The topological polar surface area (TPSA) is 50.4 Å². The third-order valence-electron chi connectivity index (χ3n) is 3.34. The summed E-state index contributed by atoms with van der Waals surface area (Å²) in [7, 11) is 0. The van der Waals surface area contributed by atoms with Crippen molar-refractivity contribution >= 4 is 23.4 Å². The summed E-state index contributed by atoms with van der Waals surface area (Å²) in [6.45, 7) is 4.47. The standard InChI is InChI=1S/C14H19ClN2O2/c1-10-2-3-12(8-13(10)15)17-14(18)19-7-5-11-4-6-16-9-11/h2-3,8,11,16H,4-7,9H2,1H3,(H,17,18). The third kappa shape index (κ3) is 4.40. The Kier molecular flexibility index (Phi) is 5.05. The van der Waals surface area contributed by atoms with E-state index in [0.717, 1.165) is 25.1 Å². The first kappa shape index (κ1) is 14.2. The number of nitrogens with one attached hydrogen (secondary N) is 2. The zero-order valence-electron chi connectivity index (χ0n) is 11.0. The molecule has 1 atom stereocenters. The van der Waals surface area contributed by atoms with E-state index in [-0.39, 0.29) is 0 Å². The van der Waals surface area contributed by atoms with Crippen LogP contribution in [0, 0.1) is 12.8 Å². The van der Waals surface area contributed by atoms with Gasteiger partial charge in [-0.1, -0.05) is 17.7 Å². The molecule has 4 nitrogen and oxygen atoms in total. The predicted octanol–water partition coefficient (Wildman–Crippen LogP) is 3.20. The maximum Gasteiger partial charge on any atom is 0.411 e. The molecule has 0 aromatic heterocycles.